The molecule has 0 aromatic heterocycles. The summed E-state index contributed by atoms with van der Waals surface area (Å²) < 4.78 is 6.71. The topological polar surface area (TPSA) is 9.23 Å². The number of hydrogen-bond donors (Lipinski definition) is 0. The molecule has 86 valence electrons. The van der Waals surface area contributed by atoms with E-state index in [-0.39, 0.29) is 0 Å². The highest BCUT2D eigenvalue weighted by Gasteiger charge is 2.21. The van der Waals surface area contributed by atoms with Crippen LogP contribution in [0.4, 0.5) is 0 Å². The Balaban J connectivity index is 2.26. The summed E-state index contributed by atoms with van der Waals surface area (Å²) in [6, 6.07) is 8.46. The molecule has 16 heavy (non-hydrogen) atoms. The van der Waals surface area contributed by atoms with Crippen LogP contribution < -0.4 is 0 Å². The first kappa shape index (κ1) is 11.7. The van der Waals surface area contributed by atoms with Crippen LogP contribution >= 0.6 is 15.9 Å². The van der Waals surface area contributed by atoms with E-state index >= 15 is 0 Å². The quantitative estimate of drug-likeness (QED) is 0.733. The molecule has 0 amide bonds. The van der Waals surface area contributed by atoms with E-state index in [9.17, 15) is 0 Å². The van der Waals surface area contributed by atoms with Gasteiger partial charge < -0.3 is 4.74 Å². The first-order valence-electron chi connectivity index (χ1n) is 5.73. The maximum absolute atomic E-state index is 5.57. The van der Waals surface area contributed by atoms with Gasteiger partial charge in [-0.1, -0.05) is 35.0 Å². The molecule has 1 nitrogen and oxygen atoms in total. The van der Waals surface area contributed by atoms with E-state index in [1.54, 1.807) is 7.11 Å². The van der Waals surface area contributed by atoms with Crippen LogP contribution in [0, 0.1) is 0 Å². The van der Waals surface area contributed by atoms with E-state index in [1.165, 1.54) is 36.2 Å². The fraction of sp³-hybridized carbons (Fsp3) is 0.429. The molecule has 2 rings (SSSR count). The van der Waals surface area contributed by atoms with Crippen LogP contribution in [0.1, 0.15) is 37.7 Å². The Morgan fingerprint density at radius 3 is 2.62 bits per heavy atom. The minimum Gasteiger partial charge on any atom is -0.501 e. The second-order valence-corrected chi connectivity index (χ2v) is 5.22. The number of halogens is 1. The molecule has 0 bridgehead atoms. The van der Waals surface area contributed by atoms with Gasteiger partial charge in [-0.3, -0.25) is 0 Å². The van der Waals surface area contributed by atoms with Gasteiger partial charge in [-0.05, 0) is 42.5 Å². The number of benzene rings is 1. The Morgan fingerprint density at radius 2 is 2.12 bits per heavy atom. The molecule has 1 atom stereocenters. The summed E-state index contributed by atoms with van der Waals surface area (Å²) in [6.45, 7) is 2.21. The Morgan fingerprint density at radius 1 is 1.38 bits per heavy atom. The molecule has 0 saturated heterocycles. The van der Waals surface area contributed by atoms with Gasteiger partial charge in [0.25, 0.3) is 0 Å². The van der Waals surface area contributed by atoms with Gasteiger partial charge in [-0.2, -0.15) is 0 Å². The normalized spacial score (nSPS) is 16.6. The smallest absolute Gasteiger partial charge is 0.102 e. The van der Waals surface area contributed by atoms with Crippen LogP contribution in [-0.2, 0) is 4.74 Å². The van der Waals surface area contributed by atoms with Crippen LogP contribution in [0.3, 0.4) is 0 Å². The molecule has 1 aromatic rings. The molecule has 1 unspecified atom stereocenters. The van der Waals surface area contributed by atoms with Crippen molar-refractivity contribution in [1.82, 2.24) is 0 Å². The number of hydrogen-bond acceptors (Lipinski definition) is 1. The van der Waals surface area contributed by atoms with Crippen LogP contribution in [0.25, 0.3) is 0 Å². The van der Waals surface area contributed by atoms with Gasteiger partial charge in [-0.15, -0.1) is 0 Å². The van der Waals surface area contributed by atoms with Crippen molar-refractivity contribution in [1.29, 1.82) is 0 Å². The highest BCUT2D eigenvalue weighted by atomic mass is 79.9. The first-order chi connectivity index (χ1) is 7.72. The zero-order valence-electron chi connectivity index (χ0n) is 9.79. The van der Waals surface area contributed by atoms with Crippen molar-refractivity contribution in [3.8, 4) is 0 Å². The summed E-state index contributed by atoms with van der Waals surface area (Å²) in [5.74, 6) is 1.53. The van der Waals surface area contributed by atoms with Crippen molar-refractivity contribution in [2.24, 2.45) is 0 Å². The van der Waals surface area contributed by atoms with Gasteiger partial charge in [0.15, 0.2) is 0 Å². The molecule has 1 aliphatic rings. The standard InChI is InChI=1S/C14H17BrO/c1-10(12-7-4-8-13(15)9-12)14(16-2)11-5-3-6-11/h4,7-10H,3,5-6H2,1-2H3. The molecule has 1 aliphatic carbocycles. The SMILES string of the molecule is COC(=C1CCC1)C(C)c1cccc(Br)c1. The number of rotatable bonds is 3. The summed E-state index contributed by atoms with van der Waals surface area (Å²) >= 11 is 3.51. The van der Waals surface area contributed by atoms with E-state index < -0.39 is 0 Å². The second kappa shape index (κ2) is 5.05. The average molecular weight is 281 g/mol. The van der Waals surface area contributed by atoms with Crippen LogP contribution in [0.5, 0.6) is 0 Å². The molecule has 0 N–H and O–H groups in total. The third-order valence-corrected chi connectivity index (χ3v) is 3.76. The zero-order chi connectivity index (χ0) is 11.5. The lowest BCUT2D eigenvalue weighted by Crippen LogP contribution is -2.09. The van der Waals surface area contributed by atoms with E-state index in [0.717, 1.165) is 4.47 Å². The van der Waals surface area contributed by atoms with Crippen molar-refractivity contribution in [3.05, 3.63) is 45.6 Å². The van der Waals surface area contributed by atoms with Crippen molar-refractivity contribution < 1.29 is 4.74 Å². The lowest BCUT2D eigenvalue weighted by molar-refractivity contribution is 0.255. The minimum absolute atomic E-state index is 0.359. The Labute approximate surface area is 106 Å². The first-order valence-corrected chi connectivity index (χ1v) is 6.53. The molecule has 0 aliphatic heterocycles. The zero-order valence-corrected chi connectivity index (χ0v) is 11.4. The largest absolute Gasteiger partial charge is 0.501 e. The fourth-order valence-electron chi connectivity index (χ4n) is 2.15. The monoisotopic (exact) mass is 280 g/mol. The Bertz CT molecular complexity index is 403. The summed E-state index contributed by atoms with van der Waals surface area (Å²) in [6.07, 6.45) is 3.73. The van der Waals surface area contributed by atoms with Crippen LogP contribution in [0.2, 0.25) is 0 Å². The van der Waals surface area contributed by atoms with Gasteiger partial charge >= 0.3 is 0 Å². The van der Waals surface area contributed by atoms with Gasteiger partial charge in [0.1, 0.15) is 5.76 Å². The van der Waals surface area contributed by atoms with E-state index in [1.807, 2.05) is 0 Å². The second-order valence-electron chi connectivity index (χ2n) is 4.30. The molecular formula is C14H17BrO. The van der Waals surface area contributed by atoms with Gasteiger partial charge in [-0.25, -0.2) is 0 Å². The lowest BCUT2D eigenvalue weighted by atomic mass is 9.86. The van der Waals surface area contributed by atoms with E-state index in [0.29, 0.717) is 5.92 Å². The van der Waals surface area contributed by atoms with Crippen molar-refractivity contribution in [3.63, 3.8) is 0 Å². The Kier molecular flexibility index (Phi) is 3.70. The summed E-state index contributed by atoms with van der Waals surface area (Å²) in [4.78, 5) is 0. The van der Waals surface area contributed by atoms with E-state index in [4.69, 9.17) is 4.74 Å². The maximum Gasteiger partial charge on any atom is 0.102 e. The molecule has 1 saturated carbocycles. The third kappa shape index (κ3) is 2.32. The molecule has 1 aromatic carbocycles. The van der Waals surface area contributed by atoms with Crippen LogP contribution in [-0.4, -0.2) is 7.11 Å². The predicted octanol–water partition coefficient (Wildman–Crippen LogP) is 4.64. The highest BCUT2D eigenvalue weighted by molar-refractivity contribution is 9.10. The number of ether oxygens (including phenoxy) is 1. The number of methoxy groups -OCH3 is 1. The van der Waals surface area contributed by atoms with Gasteiger partial charge in [0.2, 0.25) is 0 Å². The predicted molar refractivity (Wildman–Crippen MR) is 70.4 cm³/mol. The third-order valence-electron chi connectivity index (χ3n) is 3.27. The van der Waals surface area contributed by atoms with Crippen molar-refractivity contribution >= 4 is 15.9 Å². The molecule has 2 heteroatoms. The average Bonchev–Trinajstić information content (AvgIpc) is 2.22. The molecule has 0 radical (unpaired) electrons. The summed E-state index contributed by atoms with van der Waals surface area (Å²) in [5, 5.41) is 0. The molecule has 1 fully saturated rings. The fourth-order valence-corrected chi connectivity index (χ4v) is 2.57. The minimum atomic E-state index is 0.359. The maximum atomic E-state index is 5.57. The summed E-state index contributed by atoms with van der Waals surface area (Å²) in [5.41, 5.74) is 2.81. The van der Waals surface area contributed by atoms with Gasteiger partial charge in [0, 0.05) is 10.4 Å². The van der Waals surface area contributed by atoms with Gasteiger partial charge in [0.05, 0.1) is 7.11 Å². The van der Waals surface area contributed by atoms with E-state index in [2.05, 4.69) is 47.1 Å². The molecule has 0 spiro atoms. The van der Waals surface area contributed by atoms with Crippen molar-refractivity contribution in [2.45, 2.75) is 32.1 Å². The number of allylic oxidation sites excluding steroid dienone is 2. The van der Waals surface area contributed by atoms with Crippen LogP contribution in [0.15, 0.2) is 40.1 Å². The lowest BCUT2D eigenvalue weighted by Gasteiger charge is -2.25. The molecule has 0 heterocycles. The summed E-state index contributed by atoms with van der Waals surface area (Å²) in [7, 11) is 1.79. The highest BCUT2D eigenvalue weighted by Crippen LogP contribution is 2.36. The van der Waals surface area contributed by atoms with Crippen molar-refractivity contribution in [2.75, 3.05) is 7.11 Å². The Hall–Kier alpha value is -0.760. The molecular weight excluding hydrogens is 264 g/mol.